The van der Waals surface area contributed by atoms with Crippen LogP contribution in [0.25, 0.3) is 0 Å². The van der Waals surface area contributed by atoms with Crippen molar-refractivity contribution in [1.82, 2.24) is 14.9 Å². The molecular weight excluding hydrogens is 352 g/mol. The molecule has 1 saturated carbocycles. The van der Waals surface area contributed by atoms with Gasteiger partial charge in [0.1, 0.15) is 0 Å². The monoisotopic (exact) mass is 378 g/mol. The van der Waals surface area contributed by atoms with Gasteiger partial charge < -0.3 is 10.2 Å². The third-order valence-electron chi connectivity index (χ3n) is 5.51. The maximum absolute atomic E-state index is 12.7. The summed E-state index contributed by atoms with van der Waals surface area (Å²) in [5, 5.41) is 2.70. The van der Waals surface area contributed by atoms with Gasteiger partial charge in [-0.25, -0.2) is 18.4 Å². The van der Waals surface area contributed by atoms with Crippen LogP contribution in [-0.2, 0) is 20.4 Å². The molecule has 0 spiro atoms. The highest BCUT2D eigenvalue weighted by Crippen LogP contribution is 2.40. The van der Waals surface area contributed by atoms with E-state index in [4.69, 9.17) is 0 Å². The Labute approximate surface area is 154 Å². The Hall–Kier alpha value is -1.70. The summed E-state index contributed by atoms with van der Waals surface area (Å²) in [4.78, 5) is 23.3. The van der Waals surface area contributed by atoms with E-state index in [2.05, 4.69) is 15.3 Å². The predicted molar refractivity (Wildman–Crippen MR) is 98.4 cm³/mol. The van der Waals surface area contributed by atoms with Crippen molar-refractivity contribution < 1.29 is 13.2 Å². The van der Waals surface area contributed by atoms with Crippen LogP contribution in [0.4, 0.5) is 5.95 Å². The minimum absolute atomic E-state index is 0.00946. The summed E-state index contributed by atoms with van der Waals surface area (Å²) in [6.45, 7) is 7.12. The topological polar surface area (TPSA) is 92.3 Å². The first-order chi connectivity index (χ1) is 12.1. The van der Waals surface area contributed by atoms with E-state index in [0.717, 1.165) is 12.2 Å². The van der Waals surface area contributed by atoms with Crippen molar-refractivity contribution >= 4 is 21.7 Å². The van der Waals surface area contributed by atoms with Crippen molar-refractivity contribution in [3.63, 3.8) is 0 Å². The SMILES string of the molecule is CC(C)(C)C(=O)N1C[C@@H]2c3nc(NCC4CC4)ncc3CS(=O)(=O)[C@H]2C1. The first-order valence-electron chi connectivity index (χ1n) is 9.26. The summed E-state index contributed by atoms with van der Waals surface area (Å²) in [5.41, 5.74) is 0.943. The molecule has 1 N–H and O–H groups in total. The maximum Gasteiger partial charge on any atom is 0.228 e. The fraction of sp³-hybridized carbons (Fsp3) is 0.722. The third-order valence-corrected chi connectivity index (χ3v) is 7.62. The van der Waals surface area contributed by atoms with Crippen molar-refractivity contribution in [3.8, 4) is 0 Å². The van der Waals surface area contributed by atoms with Crippen LogP contribution in [0, 0.1) is 11.3 Å². The zero-order chi connectivity index (χ0) is 18.7. The van der Waals surface area contributed by atoms with E-state index in [1.54, 1.807) is 11.1 Å². The first-order valence-corrected chi connectivity index (χ1v) is 11.0. The first kappa shape index (κ1) is 17.7. The van der Waals surface area contributed by atoms with E-state index in [1.165, 1.54) is 12.8 Å². The quantitative estimate of drug-likeness (QED) is 0.858. The highest BCUT2D eigenvalue weighted by Gasteiger charge is 2.49. The minimum Gasteiger partial charge on any atom is -0.354 e. The summed E-state index contributed by atoms with van der Waals surface area (Å²) in [5.74, 6) is 0.956. The Morgan fingerprint density at radius 3 is 2.69 bits per heavy atom. The average Bonchev–Trinajstić information content (AvgIpc) is 3.27. The van der Waals surface area contributed by atoms with Gasteiger partial charge in [-0.05, 0) is 18.8 Å². The molecular formula is C18H26N4O3S. The molecule has 1 saturated heterocycles. The fourth-order valence-corrected chi connectivity index (χ4v) is 5.85. The number of amides is 1. The number of hydrogen-bond donors (Lipinski definition) is 1. The molecule has 0 radical (unpaired) electrons. The second-order valence-corrected chi connectivity index (χ2v) is 11.1. The zero-order valence-corrected chi connectivity index (χ0v) is 16.3. The van der Waals surface area contributed by atoms with Crippen LogP contribution in [-0.4, -0.2) is 54.1 Å². The Morgan fingerprint density at radius 2 is 2.04 bits per heavy atom. The maximum atomic E-state index is 12.7. The van der Waals surface area contributed by atoms with Crippen molar-refractivity contribution in [2.75, 3.05) is 25.0 Å². The molecule has 2 atom stereocenters. The molecule has 3 heterocycles. The summed E-state index contributed by atoms with van der Waals surface area (Å²) in [6, 6.07) is 0. The molecule has 2 fully saturated rings. The summed E-state index contributed by atoms with van der Waals surface area (Å²) >= 11 is 0. The molecule has 26 heavy (non-hydrogen) atoms. The largest absolute Gasteiger partial charge is 0.354 e. The summed E-state index contributed by atoms with van der Waals surface area (Å²) in [6.07, 6.45) is 4.12. The van der Waals surface area contributed by atoms with Gasteiger partial charge in [-0.2, -0.15) is 0 Å². The van der Waals surface area contributed by atoms with Crippen molar-refractivity contribution in [3.05, 3.63) is 17.5 Å². The Bertz CT molecular complexity index is 842. The molecule has 1 aliphatic carbocycles. The number of nitrogens with zero attached hydrogens (tertiary/aromatic N) is 3. The van der Waals surface area contributed by atoms with E-state index < -0.39 is 20.5 Å². The molecule has 8 heteroatoms. The molecule has 2 aliphatic heterocycles. The third kappa shape index (κ3) is 3.19. The number of nitrogens with one attached hydrogen (secondary N) is 1. The van der Waals surface area contributed by atoms with Crippen LogP contribution in [0.1, 0.15) is 50.8 Å². The lowest BCUT2D eigenvalue weighted by molar-refractivity contribution is -0.138. The van der Waals surface area contributed by atoms with Crippen LogP contribution >= 0.6 is 0 Å². The van der Waals surface area contributed by atoms with Gasteiger partial charge in [0.05, 0.1) is 16.7 Å². The number of aromatic nitrogens is 2. The second kappa shape index (κ2) is 5.90. The smallest absolute Gasteiger partial charge is 0.228 e. The molecule has 142 valence electrons. The number of hydrogen-bond acceptors (Lipinski definition) is 6. The normalized spacial score (nSPS) is 27.0. The molecule has 1 aromatic rings. The van der Waals surface area contributed by atoms with Crippen molar-refractivity contribution in [1.29, 1.82) is 0 Å². The van der Waals surface area contributed by atoms with Crippen LogP contribution in [0.5, 0.6) is 0 Å². The predicted octanol–water partition coefficient (Wildman–Crippen LogP) is 1.57. The lowest BCUT2D eigenvalue weighted by atomic mass is 9.95. The molecule has 4 rings (SSSR count). The molecule has 3 aliphatic rings. The van der Waals surface area contributed by atoms with Gasteiger partial charge in [0.15, 0.2) is 9.84 Å². The van der Waals surface area contributed by atoms with Gasteiger partial charge in [-0.15, -0.1) is 0 Å². The average molecular weight is 378 g/mol. The molecule has 1 amide bonds. The number of carbonyl (C=O) groups is 1. The van der Waals surface area contributed by atoms with Crippen molar-refractivity contribution in [2.45, 2.75) is 50.5 Å². The highest BCUT2D eigenvalue weighted by molar-refractivity contribution is 7.91. The van der Waals surface area contributed by atoms with Gasteiger partial charge >= 0.3 is 0 Å². The van der Waals surface area contributed by atoms with E-state index >= 15 is 0 Å². The number of likely N-dealkylation sites (tertiary alicyclic amines) is 1. The lowest BCUT2D eigenvalue weighted by Gasteiger charge is -2.26. The Kier molecular flexibility index (Phi) is 4.02. The standard InChI is InChI=1S/C18H26N4O3S/c1-18(2,3)16(23)22-8-13-14(9-22)26(24,25)10-12-7-20-17(21-15(12)13)19-6-11-4-5-11/h7,11,13-14H,4-6,8-10H2,1-3H3,(H,19,20,21)/t13-,14-/m0/s1. The van der Waals surface area contributed by atoms with Crippen LogP contribution in [0.15, 0.2) is 6.20 Å². The zero-order valence-electron chi connectivity index (χ0n) is 15.5. The number of rotatable bonds is 3. The van der Waals surface area contributed by atoms with E-state index in [-0.39, 0.29) is 24.1 Å². The number of anilines is 1. The van der Waals surface area contributed by atoms with Crippen LogP contribution in [0.3, 0.4) is 0 Å². The minimum atomic E-state index is -3.31. The molecule has 7 nitrogen and oxygen atoms in total. The summed E-state index contributed by atoms with van der Waals surface area (Å²) in [7, 11) is -3.31. The Balaban J connectivity index is 1.63. The van der Waals surface area contributed by atoms with Gasteiger partial charge in [-0.3, -0.25) is 4.79 Å². The second-order valence-electron chi connectivity index (χ2n) is 8.84. The van der Waals surface area contributed by atoms with Crippen molar-refractivity contribution in [2.24, 2.45) is 11.3 Å². The van der Waals surface area contributed by atoms with Gasteiger partial charge in [0, 0.05) is 42.7 Å². The van der Waals surface area contributed by atoms with Crippen LogP contribution < -0.4 is 5.32 Å². The van der Waals surface area contributed by atoms with E-state index in [9.17, 15) is 13.2 Å². The van der Waals surface area contributed by atoms with E-state index in [1.807, 2.05) is 20.8 Å². The Morgan fingerprint density at radius 1 is 1.31 bits per heavy atom. The molecule has 1 aromatic heterocycles. The fourth-order valence-electron chi connectivity index (χ4n) is 3.86. The van der Waals surface area contributed by atoms with E-state index in [0.29, 0.717) is 24.0 Å². The van der Waals surface area contributed by atoms with Gasteiger partial charge in [-0.1, -0.05) is 20.8 Å². The molecule has 0 unspecified atom stereocenters. The van der Waals surface area contributed by atoms with Crippen LogP contribution in [0.2, 0.25) is 0 Å². The summed E-state index contributed by atoms with van der Waals surface area (Å²) < 4.78 is 25.5. The molecule has 0 bridgehead atoms. The number of sulfone groups is 1. The molecule has 0 aromatic carbocycles. The number of carbonyl (C=O) groups excluding carboxylic acids is 1. The lowest BCUT2D eigenvalue weighted by Crippen LogP contribution is -2.39. The number of fused-ring (bicyclic) bond motifs is 3. The van der Waals surface area contributed by atoms with Gasteiger partial charge in [0.25, 0.3) is 0 Å². The highest BCUT2D eigenvalue weighted by atomic mass is 32.2. The van der Waals surface area contributed by atoms with Gasteiger partial charge in [0.2, 0.25) is 11.9 Å².